The van der Waals surface area contributed by atoms with Crippen LogP contribution >= 0.6 is 0 Å². The maximum Gasteiger partial charge on any atom is 0.309 e. The molecule has 1 saturated carbocycles. The Morgan fingerprint density at radius 1 is 1.29 bits per heavy atom. The molecule has 1 rings (SSSR count). The smallest absolute Gasteiger partial charge is 0.309 e. The van der Waals surface area contributed by atoms with Gasteiger partial charge in [0.1, 0.15) is 0 Å². The standard InChI is InChI=1S/C15H26O2/c1-9(2)8-11-13(15(11,5)6)12(10(3)4)14(16)17-7/h8,10-13H,1-7H3/t11-,12?,13+/m0/s1. The first kappa shape index (κ1) is 14.3. The SMILES string of the molecule is COC(=O)C(C(C)C)[C@H]1[C@H](C=C(C)C)C1(C)C. The number of hydrogen-bond donors (Lipinski definition) is 0. The van der Waals surface area contributed by atoms with Gasteiger partial charge in [0.05, 0.1) is 13.0 Å². The molecule has 0 aliphatic heterocycles. The minimum Gasteiger partial charge on any atom is -0.469 e. The summed E-state index contributed by atoms with van der Waals surface area (Å²) < 4.78 is 4.96. The van der Waals surface area contributed by atoms with Crippen molar-refractivity contribution >= 4 is 5.97 Å². The lowest BCUT2D eigenvalue weighted by molar-refractivity contribution is -0.148. The fraction of sp³-hybridized carbons (Fsp3) is 0.800. The summed E-state index contributed by atoms with van der Waals surface area (Å²) in [4.78, 5) is 11.9. The van der Waals surface area contributed by atoms with E-state index in [9.17, 15) is 4.79 Å². The number of hydrogen-bond acceptors (Lipinski definition) is 2. The first-order valence-corrected chi connectivity index (χ1v) is 6.46. The van der Waals surface area contributed by atoms with E-state index in [1.165, 1.54) is 12.7 Å². The van der Waals surface area contributed by atoms with Crippen LogP contribution in [0, 0.1) is 29.1 Å². The van der Waals surface area contributed by atoms with Crippen LogP contribution in [-0.4, -0.2) is 13.1 Å². The Balaban J connectivity index is 2.92. The zero-order valence-electron chi connectivity index (χ0n) is 12.2. The molecule has 3 atom stereocenters. The predicted molar refractivity (Wildman–Crippen MR) is 70.5 cm³/mol. The summed E-state index contributed by atoms with van der Waals surface area (Å²) in [5.74, 6) is 1.24. The summed E-state index contributed by atoms with van der Waals surface area (Å²) in [7, 11) is 1.49. The molecule has 0 amide bonds. The number of rotatable bonds is 4. The number of carbonyl (C=O) groups is 1. The van der Waals surface area contributed by atoms with E-state index in [1.54, 1.807) is 0 Å². The molecule has 0 bridgehead atoms. The van der Waals surface area contributed by atoms with Crippen molar-refractivity contribution in [3.63, 3.8) is 0 Å². The molecule has 17 heavy (non-hydrogen) atoms. The van der Waals surface area contributed by atoms with Crippen LogP contribution in [0.1, 0.15) is 41.5 Å². The second kappa shape index (κ2) is 4.83. The van der Waals surface area contributed by atoms with E-state index in [0.717, 1.165) is 0 Å². The first-order valence-electron chi connectivity index (χ1n) is 6.46. The van der Waals surface area contributed by atoms with Gasteiger partial charge in [-0.3, -0.25) is 4.79 Å². The molecule has 0 N–H and O–H groups in total. The van der Waals surface area contributed by atoms with Gasteiger partial charge in [-0.1, -0.05) is 39.3 Å². The Labute approximate surface area is 105 Å². The Hall–Kier alpha value is -0.790. The summed E-state index contributed by atoms with van der Waals surface area (Å²) in [5, 5.41) is 0. The van der Waals surface area contributed by atoms with Gasteiger partial charge >= 0.3 is 5.97 Å². The molecule has 0 radical (unpaired) electrons. The quantitative estimate of drug-likeness (QED) is 0.552. The van der Waals surface area contributed by atoms with Crippen LogP contribution in [-0.2, 0) is 9.53 Å². The van der Waals surface area contributed by atoms with Gasteiger partial charge in [0.15, 0.2) is 0 Å². The molecule has 1 aliphatic carbocycles. The summed E-state index contributed by atoms with van der Waals surface area (Å²) >= 11 is 0. The second-order valence-corrected chi connectivity index (χ2v) is 6.41. The lowest BCUT2D eigenvalue weighted by Crippen LogP contribution is -2.25. The molecule has 1 unspecified atom stereocenters. The zero-order chi connectivity index (χ0) is 13.4. The van der Waals surface area contributed by atoms with Gasteiger partial charge in [-0.2, -0.15) is 0 Å². The van der Waals surface area contributed by atoms with Gasteiger partial charge in [-0.05, 0) is 37.0 Å². The maximum absolute atomic E-state index is 11.9. The van der Waals surface area contributed by atoms with Crippen molar-refractivity contribution in [3.05, 3.63) is 11.6 Å². The van der Waals surface area contributed by atoms with Crippen molar-refractivity contribution in [2.24, 2.45) is 29.1 Å². The Morgan fingerprint density at radius 2 is 1.82 bits per heavy atom. The van der Waals surface area contributed by atoms with Crippen molar-refractivity contribution < 1.29 is 9.53 Å². The summed E-state index contributed by atoms with van der Waals surface area (Å²) in [6.07, 6.45) is 2.31. The van der Waals surface area contributed by atoms with E-state index in [2.05, 4.69) is 47.6 Å². The first-order chi connectivity index (χ1) is 7.73. The van der Waals surface area contributed by atoms with Crippen molar-refractivity contribution in [1.29, 1.82) is 0 Å². The molecular weight excluding hydrogens is 212 g/mol. The van der Waals surface area contributed by atoms with Crippen LogP contribution in [0.4, 0.5) is 0 Å². The molecule has 0 aromatic heterocycles. The van der Waals surface area contributed by atoms with Crippen molar-refractivity contribution in [1.82, 2.24) is 0 Å². The molecule has 0 aromatic carbocycles. The van der Waals surface area contributed by atoms with Gasteiger partial charge < -0.3 is 4.74 Å². The second-order valence-electron chi connectivity index (χ2n) is 6.41. The molecule has 0 aromatic rings. The van der Waals surface area contributed by atoms with Gasteiger partial charge in [0.2, 0.25) is 0 Å². The molecule has 0 saturated heterocycles. The molecular formula is C15H26O2. The average molecular weight is 238 g/mol. The van der Waals surface area contributed by atoms with Crippen LogP contribution in [0.3, 0.4) is 0 Å². The fourth-order valence-corrected chi connectivity index (χ4v) is 3.05. The van der Waals surface area contributed by atoms with E-state index in [-0.39, 0.29) is 17.3 Å². The van der Waals surface area contributed by atoms with Crippen LogP contribution in [0.5, 0.6) is 0 Å². The third-order valence-corrected chi connectivity index (χ3v) is 4.09. The molecule has 1 aliphatic rings. The predicted octanol–water partition coefficient (Wildman–Crippen LogP) is 3.67. The minimum atomic E-state index is -0.0530. The fourth-order valence-electron chi connectivity index (χ4n) is 3.05. The highest BCUT2D eigenvalue weighted by Gasteiger charge is 2.61. The van der Waals surface area contributed by atoms with Crippen molar-refractivity contribution in [2.75, 3.05) is 7.11 Å². The average Bonchev–Trinajstić information content (AvgIpc) is 2.68. The van der Waals surface area contributed by atoms with Crippen molar-refractivity contribution in [3.8, 4) is 0 Å². The Kier molecular flexibility index (Phi) is 4.06. The van der Waals surface area contributed by atoms with Gasteiger partial charge in [-0.15, -0.1) is 0 Å². The van der Waals surface area contributed by atoms with E-state index in [0.29, 0.717) is 17.8 Å². The van der Waals surface area contributed by atoms with E-state index >= 15 is 0 Å². The van der Waals surface area contributed by atoms with E-state index in [1.807, 2.05) is 0 Å². The molecule has 2 heteroatoms. The summed E-state index contributed by atoms with van der Waals surface area (Å²) in [6, 6.07) is 0. The van der Waals surface area contributed by atoms with Crippen LogP contribution in [0.2, 0.25) is 0 Å². The minimum absolute atomic E-state index is 0.0237. The van der Waals surface area contributed by atoms with E-state index < -0.39 is 0 Å². The Morgan fingerprint density at radius 3 is 2.18 bits per heavy atom. The van der Waals surface area contributed by atoms with Gasteiger partial charge in [-0.25, -0.2) is 0 Å². The van der Waals surface area contributed by atoms with Crippen LogP contribution < -0.4 is 0 Å². The monoisotopic (exact) mass is 238 g/mol. The van der Waals surface area contributed by atoms with Gasteiger partial charge in [0, 0.05) is 0 Å². The molecule has 0 heterocycles. The topological polar surface area (TPSA) is 26.3 Å². The van der Waals surface area contributed by atoms with Crippen molar-refractivity contribution in [2.45, 2.75) is 41.5 Å². The third kappa shape index (κ3) is 2.72. The summed E-state index contributed by atoms with van der Waals surface area (Å²) in [5.41, 5.74) is 1.55. The Bertz CT molecular complexity index is 322. The zero-order valence-corrected chi connectivity index (χ0v) is 12.2. The number of esters is 1. The highest BCUT2D eigenvalue weighted by Crippen LogP contribution is 2.64. The molecule has 2 nitrogen and oxygen atoms in total. The number of methoxy groups -OCH3 is 1. The largest absolute Gasteiger partial charge is 0.469 e. The highest BCUT2D eigenvalue weighted by molar-refractivity contribution is 5.74. The number of ether oxygens (including phenoxy) is 1. The highest BCUT2D eigenvalue weighted by atomic mass is 16.5. The third-order valence-electron chi connectivity index (χ3n) is 4.09. The molecule has 0 spiro atoms. The molecule has 98 valence electrons. The van der Waals surface area contributed by atoms with E-state index in [4.69, 9.17) is 4.74 Å². The van der Waals surface area contributed by atoms with Crippen LogP contribution in [0.15, 0.2) is 11.6 Å². The normalized spacial score (nSPS) is 27.5. The maximum atomic E-state index is 11.9. The van der Waals surface area contributed by atoms with Gasteiger partial charge in [0.25, 0.3) is 0 Å². The number of carbonyl (C=O) groups excluding carboxylic acids is 1. The summed E-state index contributed by atoms with van der Waals surface area (Å²) in [6.45, 7) is 13.0. The lowest BCUT2D eigenvalue weighted by atomic mass is 9.87. The van der Waals surface area contributed by atoms with Crippen LogP contribution in [0.25, 0.3) is 0 Å². The molecule has 1 fully saturated rings. The lowest BCUT2D eigenvalue weighted by Gasteiger charge is -2.19. The number of allylic oxidation sites excluding steroid dienone is 2.